The Kier molecular flexibility index (Phi) is 4.35. The molecule has 0 radical (unpaired) electrons. The first kappa shape index (κ1) is 14.9. The molecular weight excluding hydrogens is 309 g/mol. The van der Waals surface area contributed by atoms with Crippen LogP contribution < -0.4 is 5.32 Å². The quantitative estimate of drug-likeness (QED) is 0.934. The Hall–Kier alpha value is -1.99. The highest BCUT2D eigenvalue weighted by molar-refractivity contribution is 6.33. The van der Waals surface area contributed by atoms with Crippen molar-refractivity contribution in [2.24, 2.45) is 0 Å². The molecule has 1 unspecified atom stereocenters. The molecule has 0 spiro atoms. The summed E-state index contributed by atoms with van der Waals surface area (Å²) < 4.78 is 14.8. The summed E-state index contributed by atoms with van der Waals surface area (Å²) in [5.41, 5.74) is 0.417. The second kappa shape index (κ2) is 6.41. The SMILES string of the molecule is O=C(CN1CCC(n2ccnn2)C1)Nc1ccc(F)cc1Cl. The number of likely N-dealkylation sites (tertiary alicyclic amines) is 1. The minimum absolute atomic E-state index is 0.173. The lowest BCUT2D eigenvalue weighted by Gasteiger charge is -2.16. The molecule has 1 atom stereocenters. The van der Waals surface area contributed by atoms with Crippen LogP contribution in [0.2, 0.25) is 5.02 Å². The number of carbonyl (C=O) groups is 1. The predicted molar refractivity (Wildman–Crippen MR) is 80.2 cm³/mol. The van der Waals surface area contributed by atoms with Crippen LogP contribution in [-0.2, 0) is 4.79 Å². The van der Waals surface area contributed by atoms with E-state index < -0.39 is 5.82 Å². The van der Waals surface area contributed by atoms with Gasteiger partial charge in [-0.3, -0.25) is 9.69 Å². The highest BCUT2D eigenvalue weighted by atomic mass is 35.5. The number of rotatable bonds is 4. The van der Waals surface area contributed by atoms with Gasteiger partial charge >= 0.3 is 0 Å². The van der Waals surface area contributed by atoms with Crippen LogP contribution in [0.1, 0.15) is 12.5 Å². The average molecular weight is 324 g/mol. The van der Waals surface area contributed by atoms with Gasteiger partial charge in [0.05, 0.1) is 29.5 Å². The Morgan fingerprint density at radius 3 is 3.09 bits per heavy atom. The second-order valence-corrected chi connectivity index (χ2v) is 5.64. The van der Waals surface area contributed by atoms with Crippen molar-refractivity contribution in [1.82, 2.24) is 19.9 Å². The first-order chi connectivity index (χ1) is 10.6. The van der Waals surface area contributed by atoms with Gasteiger partial charge in [0.15, 0.2) is 0 Å². The zero-order chi connectivity index (χ0) is 15.5. The van der Waals surface area contributed by atoms with E-state index in [2.05, 4.69) is 15.6 Å². The summed E-state index contributed by atoms with van der Waals surface area (Å²) in [7, 11) is 0. The van der Waals surface area contributed by atoms with Crippen LogP contribution in [-0.4, -0.2) is 45.4 Å². The monoisotopic (exact) mass is 323 g/mol. The number of anilines is 1. The van der Waals surface area contributed by atoms with Crippen molar-refractivity contribution in [3.63, 3.8) is 0 Å². The van der Waals surface area contributed by atoms with Crippen LogP contribution in [0.5, 0.6) is 0 Å². The maximum atomic E-state index is 13.0. The van der Waals surface area contributed by atoms with E-state index in [-0.39, 0.29) is 23.5 Å². The average Bonchev–Trinajstić information content (AvgIpc) is 3.12. The molecule has 1 N–H and O–H groups in total. The van der Waals surface area contributed by atoms with Crippen molar-refractivity contribution in [3.05, 3.63) is 41.4 Å². The molecular formula is C14H15ClFN5O. The zero-order valence-corrected chi connectivity index (χ0v) is 12.5. The first-order valence-corrected chi connectivity index (χ1v) is 7.32. The van der Waals surface area contributed by atoms with Gasteiger partial charge in [-0.25, -0.2) is 9.07 Å². The Morgan fingerprint density at radius 1 is 1.50 bits per heavy atom. The van der Waals surface area contributed by atoms with E-state index in [9.17, 15) is 9.18 Å². The van der Waals surface area contributed by atoms with Crippen LogP contribution in [0.4, 0.5) is 10.1 Å². The highest BCUT2D eigenvalue weighted by Crippen LogP contribution is 2.23. The van der Waals surface area contributed by atoms with Crippen LogP contribution in [0.15, 0.2) is 30.6 Å². The summed E-state index contributed by atoms with van der Waals surface area (Å²) in [6.07, 6.45) is 4.40. The van der Waals surface area contributed by atoms with Gasteiger partial charge in [0.2, 0.25) is 5.91 Å². The molecule has 3 rings (SSSR count). The van der Waals surface area contributed by atoms with Crippen molar-refractivity contribution in [3.8, 4) is 0 Å². The molecule has 1 amide bonds. The summed E-state index contributed by atoms with van der Waals surface area (Å²) in [6.45, 7) is 1.82. The molecule has 1 aliphatic rings. The summed E-state index contributed by atoms with van der Waals surface area (Å²) in [4.78, 5) is 14.1. The second-order valence-electron chi connectivity index (χ2n) is 5.23. The van der Waals surface area contributed by atoms with E-state index in [0.29, 0.717) is 5.69 Å². The first-order valence-electron chi connectivity index (χ1n) is 6.95. The number of carbonyl (C=O) groups excluding carboxylic acids is 1. The molecule has 2 aromatic rings. The number of hydrogen-bond donors (Lipinski definition) is 1. The number of benzene rings is 1. The van der Waals surface area contributed by atoms with Crippen LogP contribution in [0.25, 0.3) is 0 Å². The Bertz CT molecular complexity index is 663. The number of nitrogens with zero attached hydrogens (tertiary/aromatic N) is 4. The molecule has 116 valence electrons. The van der Waals surface area contributed by atoms with Crippen LogP contribution >= 0.6 is 11.6 Å². The molecule has 1 aromatic heterocycles. The Morgan fingerprint density at radius 2 is 2.36 bits per heavy atom. The molecule has 1 fully saturated rings. The summed E-state index contributed by atoms with van der Waals surface area (Å²) in [6, 6.07) is 4.13. The number of nitrogens with one attached hydrogen (secondary N) is 1. The van der Waals surface area contributed by atoms with Crippen molar-refractivity contribution < 1.29 is 9.18 Å². The van der Waals surface area contributed by atoms with Gasteiger partial charge in [-0.2, -0.15) is 0 Å². The fourth-order valence-corrected chi connectivity index (χ4v) is 2.78. The van der Waals surface area contributed by atoms with Gasteiger partial charge < -0.3 is 5.32 Å². The highest BCUT2D eigenvalue weighted by Gasteiger charge is 2.25. The number of amides is 1. The maximum Gasteiger partial charge on any atom is 0.238 e. The van der Waals surface area contributed by atoms with E-state index in [1.54, 1.807) is 6.20 Å². The minimum Gasteiger partial charge on any atom is -0.324 e. The molecule has 1 aromatic carbocycles. The fourth-order valence-electron chi connectivity index (χ4n) is 2.57. The number of hydrogen-bond acceptors (Lipinski definition) is 4. The van der Waals surface area contributed by atoms with E-state index >= 15 is 0 Å². The molecule has 0 aliphatic carbocycles. The van der Waals surface area contributed by atoms with E-state index in [4.69, 9.17) is 11.6 Å². The third-order valence-electron chi connectivity index (χ3n) is 3.64. The van der Waals surface area contributed by atoms with Crippen molar-refractivity contribution in [1.29, 1.82) is 0 Å². The summed E-state index contributed by atoms with van der Waals surface area (Å²) in [5, 5.41) is 10.7. The lowest BCUT2D eigenvalue weighted by Crippen LogP contribution is -2.32. The van der Waals surface area contributed by atoms with Crippen molar-refractivity contribution in [2.45, 2.75) is 12.5 Å². The molecule has 22 heavy (non-hydrogen) atoms. The third kappa shape index (κ3) is 3.42. The summed E-state index contributed by atoms with van der Waals surface area (Å²) >= 11 is 5.89. The zero-order valence-electron chi connectivity index (χ0n) is 11.7. The molecule has 1 aliphatic heterocycles. The normalized spacial score (nSPS) is 18.5. The molecule has 0 bridgehead atoms. The maximum absolute atomic E-state index is 13.0. The van der Waals surface area contributed by atoms with Crippen LogP contribution in [0, 0.1) is 5.82 Å². The van der Waals surface area contributed by atoms with Gasteiger partial charge in [-0.05, 0) is 24.6 Å². The van der Waals surface area contributed by atoms with Crippen molar-refractivity contribution in [2.75, 3.05) is 25.0 Å². The van der Waals surface area contributed by atoms with Gasteiger partial charge in [0.25, 0.3) is 0 Å². The minimum atomic E-state index is -0.432. The lowest BCUT2D eigenvalue weighted by atomic mass is 10.3. The molecule has 1 saturated heterocycles. The molecule has 2 heterocycles. The number of aromatic nitrogens is 3. The Balaban J connectivity index is 1.54. The molecule has 6 nitrogen and oxygen atoms in total. The lowest BCUT2D eigenvalue weighted by molar-refractivity contribution is -0.117. The number of halogens is 2. The van der Waals surface area contributed by atoms with E-state index in [0.717, 1.165) is 19.5 Å². The standard InChI is InChI=1S/C14H15ClFN5O/c15-12-7-10(16)1-2-13(12)18-14(22)9-20-5-3-11(8-20)21-6-4-17-19-21/h1-2,4,6-7,11H,3,5,8-9H2,(H,18,22). The summed E-state index contributed by atoms with van der Waals surface area (Å²) in [5.74, 6) is -0.606. The van der Waals surface area contributed by atoms with Gasteiger partial charge in [-0.15, -0.1) is 5.10 Å². The van der Waals surface area contributed by atoms with Gasteiger partial charge in [0, 0.05) is 19.3 Å². The van der Waals surface area contributed by atoms with Gasteiger partial charge in [-0.1, -0.05) is 16.8 Å². The topological polar surface area (TPSA) is 63.1 Å². The third-order valence-corrected chi connectivity index (χ3v) is 3.95. The predicted octanol–water partition coefficient (Wildman–Crippen LogP) is 1.96. The van der Waals surface area contributed by atoms with Crippen molar-refractivity contribution >= 4 is 23.2 Å². The van der Waals surface area contributed by atoms with E-state index in [1.807, 2.05) is 15.8 Å². The van der Waals surface area contributed by atoms with Gasteiger partial charge in [0.1, 0.15) is 5.82 Å². The van der Waals surface area contributed by atoms with Crippen LogP contribution in [0.3, 0.4) is 0 Å². The Labute approximate surface area is 131 Å². The fraction of sp³-hybridized carbons (Fsp3) is 0.357. The largest absolute Gasteiger partial charge is 0.324 e. The smallest absolute Gasteiger partial charge is 0.238 e. The van der Waals surface area contributed by atoms with E-state index in [1.165, 1.54) is 18.2 Å². The molecule has 0 saturated carbocycles. The molecule has 8 heteroatoms.